The Kier molecular flexibility index (Phi) is 6.30. The average molecular weight is 493 g/mol. The number of piperazine rings is 1. The van der Waals surface area contributed by atoms with E-state index in [1.54, 1.807) is 21.9 Å². The van der Waals surface area contributed by atoms with Crippen molar-refractivity contribution in [1.82, 2.24) is 19.8 Å². The molecular weight excluding hydrogens is 468 g/mol. The molecule has 1 saturated heterocycles. The van der Waals surface area contributed by atoms with E-state index < -0.39 is 0 Å². The first-order valence-electron chi connectivity index (χ1n) is 11.6. The molecule has 8 nitrogen and oxygen atoms in total. The lowest BCUT2D eigenvalue weighted by Gasteiger charge is -2.39. The van der Waals surface area contributed by atoms with Crippen molar-refractivity contribution in [3.05, 3.63) is 59.4 Å². The number of amides is 2. The molecule has 0 saturated carbocycles. The lowest BCUT2D eigenvalue weighted by Crippen LogP contribution is -2.55. The van der Waals surface area contributed by atoms with Crippen LogP contribution in [0.4, 0.5) is 4.79 Å². The monoisotopic (exact) mass is 492 g/mol. The van der Waals surface area contributed by atoms with Gasteiger partial charge in [0.25, 0.3) is 5.91 Å². The molecule has 9 heteroatoms. The van der Waals surface area contributed by atoms with E-state index in [0.29, 0.717) is 53.6 Å². The van der Waals surface area contributed by atoms with Crippen molar-refractivity contribution in [1.29, 1.82) is 0 Å². The first-order chi connectivity index (χ1) is 16.9. The molecule has 0 N–H and O–H groups in total. The fourth-order valence-electron chi connectivity index (χ4n) is 4.35. The van der Waals surface area contributed by atoms with Crippen molar-refractivity contribution in [3.8, 4) is 11.3 Å². The van der Waals surface area contributed by atoms with Crippen LogP contribution in [-0.2, 0) is 4.74 Å². The van der Waals surface area contributed by atoms with Crippen LogP contribution in [0.3, 0.4) is 0 Å². The number of oxazole rings is 1. The molecule has 0 spiro atoms. The normalized spacial score (nSPS) is 16.1. The quantitative estimate of drug-likeness (QED) is 0.379. The Bertz CT molecular complexity index is 1420. The van der Waals surface area contributed by atoms with Gasteiger partial charge in [0.1, 0.15) is 5.52 Å². The van der Waals surface area contributed by atoms with Crippen molar-refractivity contribution >= 4 is 45.6 Å². The van der Waals surface area contributed by atoms with Crippen LogP contribution in [0, 0.1) is 0 Å². The largest absolute Gasteiger partial charge is 0.449 e. The summed E-state index contributed by atoms with van der Waals surface area (Å²) in [6, 6.07) is 12.7. The molecule has 0 radical (unpaired) electrons. The van der Waals surface area contributed by atoms with Crippen LogP contribution >= 0.6 is 11.6 Å². The maximum absolute atomic E-state index is 13.3. The molecule has 2 aromatic heterocycles. The summed E-state index contributed by atoms with van der Waals surface area (Å²) < 4.78 is 10.6. The van der Waals surface area contributed by atoms with Crippen molar-refractivity contribution in [2.24, 2.45) is 0 Å². The predicted octanol–water partition coefficient (Wildman–Crippen LogP) is 5.39. The molecule has 5 rings (SSSR count). The van der Waals surface area contributed by atoms with E-state index in [-0.39, 0.29) is 18.0 Å². The molecule has 0 unspecified atom stereocenters. The van der Waals surface area contributed by atoms with Crippen LogP contribution in [0.5, 0.6) is 0 Å². The summed E-state index contributed by atoms with van der Waals surface area (Å²) in [6.45, 7) is 5.58. The molecule has 35 heavy (non-hydrogen) atoms. The SMILES string of the molecule is CCCOC(=O)N1CCN(C(=O)c2ccc3c(Cl)cc(-c4ccc5ocnc5c4)nc3c2)C[C@H]1C. The molecule has 1 aliphatic heterocycles. The zero-order chi connectivity index (χ0) is 24.5. The number of hydrogen-bond donors (Lipinski definition) is 0. The Morgan fingerprint density at radius 1 is 1.14 bits per heavy atom. The Balaban J connectivity index is 1.39. The minimum absolute atomic E-state index is 0.104. The van der Waals surface area contributed by atoms with Crippen LogP contribution < -0.4 is 0 Å². The molecule has 0 aliphatic carbocycles. The van der Waals surface area contributed by atoms with Crippen LogP contribution in [0.25, 0.3) is 33.3 Å². The minimum atomic E-state index is -0.327. The minimum Gasteiger partial charge on any atom is -0.449 e. The van der Waals surface area contributed by atoms with Gasteiger partial charge in [0, 0.05) is 42.2 Å². The van der Waals surface area contributed by atoms with E-state index in [0.717, 1.165) is 22.9 Å². The van der Waals surface area contributed by atoms with E-state index in [9.17, 15) is 9.59 Å². The lowest BCUT2D eigenvalue weighted by atomic mass is 10.1. The third-order valence-electron chi connectivity index (χ3n) is 6.21. The first-order valence-corrected chi connectivity index (χ1v) is 12.0. The first kappa shape index (κ1) is 23.1. The highest BCUT2D eigenvalue weighted by Crippen LogP contribution is 2.30. The Hall–Kier alpha value is -3.65. The Morgan fingerprint density at radius 3 is 2.80 bits per heavy atom. The van der Waals surface area contributed by atoms with Gasteiger partial charge in [-0.2, -0.15) is 0 Å². The van der Waals surface area contributed by atoms with Crippen LogP contribution in [0.1, 0.15) is 30.6 Å². The molecule has 1 aliphatic rings. The van der Waals surface area contributed by atoms with Gasteiger partial charge in [0.15, 0.2) is 12.0 Å². The molecular formula is C26H25ClN4O4. The van der Waals surface area contributed by atoms with Gasteiger partial charge in [-0.25, -0.2) is 14.8 Å². The summed E-state index contributed by atoms with van der Waals surface area (Å²) >= 11 is 6.57. The molecule has 0 bridgehead atoms. The standard InChI is InChI=1S/C26H25ClN4O4/c1-3-10-34-26(33)31-9-8-30(14-16(31)2)25(32)18-4-6-19-20(27)13-21(29-22(19)12-18)17-5-7-24-23(11-17)28-15-35-24/h4-7,11-13,15-16H,3,8-10,14H2,1-2H3/t16-/m1/s1. The number of carbonyl (C=O) groups is 2. The Morgan fingerprint density at radius 2 is 2.00 bits per heavy atom. The van der Waals surface area contributed by atoms with E-state index in [1.165, 1.54) is 6.39 Å². The number of aromatic nitrogens is 2. The third kappa shape index (κ3) is 4.53. The van der Waals surface area contributed by atoms with E-state index in [2.05, 4.69) is 4.98 Å². The molecule has 2 amide bonds. The second-order valence-corrected chi connectivity index (χ2v) is 9.07. The molecule has 1 atom stereocenters. The van der Waals surface area contributed by atoms with Gasteiger partial charge in [0.05, 0.1) is 22.8 Å². The molecule has 1 fully saturated rings. The zero-order valence-corrected chi connectivity index (χ0v) is 20.3. The molecule has 180 valence electrons. The topological polar surface area (TPSA) is 88.8 Å². The van der Waals surface area contributed by atoms with E-state index in [1.807, 2.05) is 44.2 Å². The molecule has 3 heterocycles. The number of hydrogen-bond acceptors (Lipinski definition) is 6. The van der Waals surface area contributed by atoms with Crippen LogP contribution in [0.15, 0.2) is 53.3 Å². The molecule has 2 aromatic carbocycles. The second kappa shape index (κ2) is 9.54. The van der Waals surface area contributed by atoms with Gasteiger partial charge in [-0.15, -0.1) is 0 Å². The summed E-state index contributed by atoms with van der Waals surface area (Å²) in [5.74, 6) is -0.104. The van der Waals surface area contributed by atoms with Crippen LogP contribution in [-0.4, -0.2) is 64.1 Å². The fraction of sp³-hybridized carbons (Fsp3) is 0.308. The zero-order valence-electron chi connectivity index (χ0n) is 19.5. The van der Waals surface area contributed by atoms with Gasteiger partial charge < -0.3 is 19.0 Å². The summed E-state index contributed by atoms with van der Waals surface area (Å²) in [6.07, 6.45) is 1.85. The lowest BCUT2D eigenvalue weighted by molar-refractivity contribution is 0.0412. The van der Waals surface area contributed by atoms with Gasteiger partial charge in [-0.05, 0) is 49.7 Å². The van der Waals surface area contributed by atoms with E-state index >= 15 is 0 Å². The smallest absolute Gasteiger partial charge is 0.410 e. The number of nitrogens with zero attached hydrogens (tertiary/aromatic N) is 4. The van der Waals surface area contributed by atoms with Gasteiger partial charge in [-0.3, -0.25) is 4.79 Å². The second-order valence-electron chi connectivity index (χ2n) is 8.66. The highest BCUT2D eigenvalue weighted by molar-refractivity contribution is 6.35. The maximum Gasteiger partial charge on any atom is 0.410 e. The average Bonchev–Trinajstić information content (AvgIpc) is 3.34. The van der Waals surface area contributed by atoms with Crippen molar-refractivity contribution in [2.75, 3.05) is 26.2 Å². The number of ether oxygens (including phenoxy) is 1. The highest BCUT2D eigenvalue weighted by atomic mass is 35.5. The third-order valence-corrected chi connectivity index (χ3v) is 6.52. The number of pyridine rings is 1. The number of halogens is 1. The highest BCUT2D eigenvalue weighted by Gasteiger charge is 2.31. The number of rotatable bonds is 4. The van der Waals surface area contributed by atoms with Crippen molar-refractivity contribution in [3.63, 3.8) is 0 Å². The van der Waals surface area contributed by atoms with Gasteiger partial charge in [-0.1, -0.05) is 24.6 Å². The Labute approximate surface area is 207 Å². The van der Waals surface area contributed by atoms with Crippen LogP contribution in [0.2, 0.25) is 5.02 Å². The van der Waals surface area contributed by atoms with Crippen molar-refractivity contribution < 1.29 is 18.7 Å². The summed E-state index contributed by atoms with van der Waals surface area (Å²) in [5.41, 5.74) is 4.13. The van der Waals surface area contributed by atoms with Crippen molar-refractivity contribution in [2.45, 2.75) is 26.3 Å². The van der Waals surface area contributed by atoms with E-state index in [4.69, 9.17) is 25.7 Å². The number of benzene rings is 2. The summed E-state index contributed by atoms with van der Waals surface area (Å²) in [7, 11) is 0. The van der Waals surface area contributed by atoms with Gasteiger partial charge in [0.2, 0.25) is 0 Å². The maximum atomic E-state index is 13.3. The summed E-state index contributed by atoms with van der Waals surface area (Å²) in [4.78, 5) is 38.0. The predicted molar refractivity (Wildman–Crippen MR) is 133 cm³/mol. The molecule has 4 aromatic rings. The van der Waals surface area contributed by atoms with Gasteiger partial charge >= 0.3 is 6.09 Å². The summed E-state index contributed by atoms with van der Waals surface area (Å²) in [5, 5.41) is 1.32. The number of carbonyl (C=O) groups excluding carboxylic acids is 2. The number of fused-ring (bicyclic) bond motifs is 2. The fourth-order valence-corrected chi connectivity index (χ4v) is 4.62.